The van der Waals surface area contributed by atoms with Crippen molar-refractivity contribution >= 4 is 5.97 Å². The van der Waals surface area contributed by atoms with Crippen LogP contribution in [-0.2, 0) is 4.79 Å². The quantitative estimate of drug-likeness (QED) is 0.472. The molecule has 2 nitrogen and oxygen atoms in total. The van der Waals surface area contributed by atoms with Gasteiger partial charge in [-0.3, -0.25) is 4.79 Å². The highest BCUT2D eigenvalue weighted by Crippen LogP contribution is 1.99. The SMILES string of the molecule is CC=CCCCCC(=O)O. The van der Waals surface area contributed by atoms with Gasteiger partial charge in [-0.05, 0) is 26.2 Å². The smallest absolute Gasteiger partial charge is 0.303 e. The molecular weight excluding hydrogens is 128 g/mol. The van der Waals surface area contributed by atoms with Crippen molar-refractivity contribution in [1.29, 1.82) is 0 Å². The van der Waals surface area contributed by atoms with Gasteiger partial charge in [0.25, 0.3) is 0 Å². The highest BCUT2D eigenvalue weighted by Gasteiger charge is 1.93. The average molecular weight is 142 g/mol. The van der Waals surface area contributed by atoms with E-state index >= 15 is 0 Å². The highest BCUT2D eigenvalue weighted by atomic mass is 16.4. The van der Waals surface area contributed by atoms with Crippen LogP contribution in [0.25, 0.3) is 0 Å². The van der Waals surface area contributed by atoms with Gasteiger partial charge >= 0.3 is 5.97 Å². The molecule has 58 valence electrons. The molecule has 0 heterocycles. The van der Waals surface area contributed by atoms with Gasteiger partial charge in [0.15, 0.2) is 0 Å². The zero-order valence-electron chi connectivity index (χ0n) is 6.34. The van der Waals surface area contributed by atoms with Gasteiger partial charge in [-0.25, -0.2) is 0 Å². The standard InChI is InChI=1S/C8H14O2/c1-2-3-4-5-6-7-8(9)10/h2-3H,4-7H2,1H3,(H,9,10). The molecule has 0 saturated carbocycles. The average Bonchev–Trinajstić information content (AvgIpc) is 1.87. The molecular formula is C8H14O2. The summed E-state index contributed by atoms with van der Waals surface area (Å²) in [6, 6.07) is 0. The lowest BCUT2D eigenvalue weighted by atomic mass is 10.2. The van der Waals surface area contributed by atoms with Crippen LogP contribution in [0.2, 0.25) is 0 Å². The lowest BCUT2D eigenvalue weighted by Gasteiger charge is -1.91. The van der Waals surface area contributed by atoms with Crippen LogP contribution >= 0.6 is 0 Å². The summed E-state index contributed by atoms with van der Waals surface area (Å²) < 4.78 is 0. The van der Waals surface area contributed by atoms with E-state index in [1.165, 1.54) is 0 Å². The minimum atomic E-state index is -0.694. The molecule has 2 heteroatoms. The van der Waals surface area contributed by atoms with Crippen molar-refractivity contribution < 1.29 is 9.90 Å². The molecule has 0 aliphatic carbocycles. The number of aliphatic carboxylic acids is 1. The Morgan fingerprint density at radius 3 is 2.70 bits per heavy atom. The summed E-state index contributed by atoms with van der Waals surface area (Å²) in [5.74, 6) is -0.694. The van der Waals surface area contributed by atoms with E-state index in [0.29, 0.717) is 6.42 Å². The topological polar surface area (TPSA) is 37.3 Å². The van der Waals surface area contributed by atoms with Crippen molar-refractivity contribution in [2.75, 3.05) is 0 Å². The molecule has 0 fully saturated rings. The number of carboxylic acids is 1. The number of unbranched alkanes of at least 4 members (excludes halogenated alkanes) is 2. The van der Waals surface area contributed by atoms with Crippen LogP contribution in [0.5, 0.6) is 0 Å². The van der Waals surface area contributed by atoms with Crippen molar-refractivity contribution in [3.63, 3.8) is 0 Å². The molecule has 0 aromatic heterocycles. The van der Waals surface area contributed by atoms with Gasteiger partial charge in [0.1, 0.15) is 0 Å². The largest absolute Gasteiger partial charge is 0.481 e. The first-order valence-electron chi connectivity index (χ1n) is 3.60. The Morgan fingerprint density at radius 2 is 2.20 bits per heavy atom. The molecule has 10 heavy (non-hydrogen) atoms. The third-order valence-electron chi connectivity index (χ3n) is 1.25. The van der Waals surface area contributed by atoms with Crippen LogP contribution in [0.3, 0.4) is 0 Å². The molecule has 0 aliphatic heterocycles. The van der Waals surface area contributed by atoms with Crippen molar-refractivity contribution in [2.45, 2.75) is 32.6 Å². The maximum atomic E-state index is 10.0. The van der Waals surface area contributed by atoms with E-state index in [1.807, 2.05) is 13.0 Å². The Hall–Kier alpha value is -0.790. The first kappa shape index (κ1) is 9.21. The number of hydrogen-bond donors (Lipinski definition) is 1. The van der Waals surface area contributed by atoms with E-state index < -0.39 is 5.97 Å². The van der Waals surface area contributed by atoms with Crippen LogP contribution in [-0.4, -0.2) is 11.1 Å². The normalized spacial score (nSPS) is 10.5. The Bertz CT molecular complexity index is 116. The predicted octanol–water partition coefficient (Wildman–Crippen LogP) is 2.21. The van der Waals surface area contributed by atoms with Crippen molar-refractivity contribution in [2.24, 2.45) is 0 Å². The van der Waals surface area contributed by atoms with Crippen LogP contribution in [0, 0.1) is 0 Å². The fraction of sp³-hybridized carbons (Fsp3) is 0.625. The highest BCUT2D eigenvalue weighted by molar-refractivity contribution is 5.66. The van der Waals surface area contributed by atoms with Crippen molar-refractivity contribution in [3.05, 3.63) is 12.2 Å². The van der Waals surface area contributed by atoms with Gasteiger partial charge < -0.3 is 5.11 Å². The first-order chi connectivity index (χ1) is 4.77. The Kier molecular flexibility index (Phi) is 5.83. The zero-order valence-corrected chi connectivity index (χ0v) is 6.34. The lowest BCUT2D eigenvalue weighted by molar-refractivity contribution is -0.137. The van der Waals surface area contributed by atoms with Crippen LogP contribution < -0.4 is 0 Å². The number of carboxylic acid groups (broad SMARTS) is 1. The van der Waals surface area contributed by atoms with E-state index in [4.69, 9.17) is 5.11 Å². The predicted molar refractivity (Wildman–Crippen MR) is 40.9 cm³/mol. The maximum absolute atomic E-state index is 10.0. The van der Waals surface area contributed by atoms with Crippen LogP contribution in [0.1, 0.15) is 32.6 Å². The van der Waals surface area contributed by atoms with Gasteiger partial charge in [-0.15, -0.1) is 0 Å². The second-order valence-corrected chi connectivity index (χ2v) is 2.21. The Labute approximate surface area is 61.6 Å². The molecule has 0 aromatic rings. The van der Waals surface area contributed by atoms with Crippen molar-refractivity contribution in [3.8, 4) is 0 Å². The molecule has 0 rings (SSSR count). The third-order valence-corrected chi connectivity index (χ3v) is 1.25. The molecule has 0 unspecified atom stereocenters. The number of allylic oxidation sites excluding steroid dienone is 2. The fourth-order valence-corrected chi connectivity index (χ4v) is 0.705. The minimum Gasteiger partial charge on any atom is -0.481 e. The van der Waals surface area contributed by atoms with Gasteiger partial charge in [-0.2, -0.15) is 0 Å². The summed E-state index contributed by atoms with van der Waals surface area (Å²) in [4.78, 5) is 10.0. The molecule has 0 atom stereocenters. The van der Waals surface area contributed by atoms with Gasteiger partial charge in [0.2, 0.25) is 0 Å². The molecule has 0 saturated heterocycles. The Balaban J connectivity index is 2.98. The van der Waals surface area contributed by atoms with E-state index in [1.54, 1.807) is 0 Å². The molecule has 0 aromatic carbocycles. The van der Waals surface area contributed by atoms with Crippen LogP contribution in [0.4, 0.5) is 0 Å². The fourth-order valence-electron chi connectivity index (χ4n) is 0.705. The van der Waals surface area contributed by atoms with Gasteiger partial charge in [-0.1, -0.05) is 12.2 Å². The summed E-state index contributed by atoms with van der Waals surface area (Å²) in [5.41, 5.74) is 0. The summed E-state index contributed by atoms with van der Waals surface area (Å²) in [6.07, 6.45) is 7.13. The first-order valence-corrected chi connectivity index (χ1v) is 3.60. The summed E-state index contributed by atoms with van der Waals surface area (Å²) >= 11 is 0. The van der Waals surface area contributed by atoms with Crippen molar-refractivity contribution in [1.82, 2.24) is 0 Å². The molecule has 0 aliphatic rings. The Morgan fingerprint density at radius 1 is 1.50 bits per heavy atom. The molecule has 0 amide bonds. The number of carbonyl (C=O) groups is 1. The molecule has 0 spiro atoms. The van der Waals surface area contributed by atoms with E-state index in [0.717, 1.165) is 19.3 Å². The molecule has 1 N–H and O–H groups in total. The van der Waals surface area contributed by atoms with E-state index in [9.17, 15) is 4.79 Å². The minimum absolute atomic E-state index is 0.303. The van der Waals surface area contributed by atoms with Crippen LogP contribution in [0.15, 0.2) is 12.2 Å². The molecule has 0 radical (unpaired) electrons. The van der Waals surface area contributed by atoms with Gasteiger partial charge in [0, 0.05) is 6.42 Å². The number of rotatable bonds is 5. The summed E-state index contributed by atoms with van der Waals surface area (Å²) in [7, 11) is 0. The lowest BCUT2D eigenvalue weighted by Crippen LogP contribution is -1.92. The van der Waals surface area contributed by atoms with E-state index in [-0.39, 0.29) is 0 Å². The second kappa shape index (κ2) is 6.33. The van der Waals surface area contributed by atoms with E-state index in [2.05, 4.69) is 6.08 Å². The summed E-state index contributed by atoms with van der Waals surface area (Å²) in [6.45, 7) is 1.97. The third kappa shape index (κ3) is 7.21. The zero-order chi connectivity index (χ0) is 7.82. The number of hydrogen-bond acceptors (Lipinski definition) is 1. The maximum Gasteiger partial charge on any atom is 0.303 e. The van der Waals surface area contributed by atoms with Gasteiger partial charge in [0.05, 0.1) is 0 Å². The second-order valence-electron chi connectivity index (χ2n) is 2.21. The molecule has 0 bridgehead atoms. The monoisotopic (exact) mass is 142 g/mol. The summed E-state index contributed by atoms with van der Waals surface area (Å²) in [5, 5.41) is 8.25.